The number of hydrogen-bond donors (Lipinski definition) is 1. The Bertz CT molecular complexity index is 388. The van der Waals surface area contributed by atoms with Gasteiger partial charge in [-0.25, -0.2) is 13.4 Å². The van der Waals surface area contributed by atoms with E-state index in [4.69, 9.17) is 11.6 Å². The van der Waals surface area contributed by atoms with Crippen molar-refractivity contribution in [2.24, 2.45) is 0 Å². The molecule has 1 aromatic heterocycles. The molecular formula is C7H11ClN2O2S2. The lowest BCUT2D eigenvalue weighted by Gasteiger charge is -2.00. The van der Waals surface area contributed by atoms with Crippen LogP contribution in [0.3, 0.4) is 0 Å². The summed E-state index contributed by atoms with van der Waals surface area (Å²) < 4.78 is 22.2. The zero-order valence-corrected chi connectivity index (χ0v) is 10.0. The largest absolute Gasteiger partial charge is 0.309 e. The smallest absolute Gasteiger partial charge is 0.148 e. The van der Waals surface area contributed by atoms with Crippen molar-refractivity contribution in [1.29, 1.82) is 0 Å². The number of thiazole rings is 1. The Morgan fingerprint density at radius 1 is 1.64 bits per heavy atom. The van der Waals surface area contributed by atoms with E-state index >= 15 is 0 Å². The van der Waals surface area contributed by atoms with Crippen LogP contribution in [0, 0.1) is 0 Å². The maximum Gasteiger partial charge on any atom is 0.148 e. The first-order valence-electron chi connectivity index (χ1n) is 3.96. The third-order valence-corrected chi connectivity index (χ3v) is 3.51. The molecule has 7 heteroatoms. The number of nitrogens with one attached hydrogen (secondary N) is 1. The topological polar surface area (TPSA) is 59.1 Å². The maximum absolute atomic E-state index is 10.8. The van der Waals surface area contributed by atoms with Gasteiger partial charge in [0, 0.05) is 19.3 Å². The van der Waals surface area contributed by atoms with Crippen LogP contribution in [0.1, 0.15) is 5.01 Å². The minimum Gasteiger partial charge on any atom is -0.309 e. The van der Waals surface area contributed by atoms with Gasteiger partial charge in [0.15, 0.2) is 0 Å². The third-order valence-electron chi connectivity index (χ3n) is 1.45. The zero-order valence-electron chi connectivity index (χ0n) is 7.66. The molecule has 0 aromatic carbocycles. The molecule has 0 amide bonds. The van der Waals surface area contributed by atoms with Crippen molar-refractivity contribution in [3.05, 3.63) is 15.5 Å². The fraction of sp³-hybridized carbons (Fsp3) is 0.571. The van der Waals surface area contributed by atoms with E-state index in [1.165, 1.54) is 17.6 Å². The van der Waals surface area contributed by atoms with E-state index < -0.39 is 9.84 Å². The Hall–Kier alpha value is -0.170. The molecule has 0 saturated heterocycles. The molecule has 0 unspecified atom stereocenters. The molecule has 1 aromatic rings. The maximum atomic E-state index is 10.8. The van der Waals surface area contributed by atoms with E-state index in [9.17, 15) is 8.42 Å². The normalized spacial score (nSPS) is 11.9. The molecule has 0 atom stereocenters. The fourth-order valence-electron chi connectivity index (χ4n) is 0.823. The monoisotopic (exact) mass is 254 g/mol. The molecule has 1 heterocycles. The van der Waals surface area contributed by atoms with Crippen LogP contribution < -0.4 is 5.32 Å². The van der Waals surface area contributed by atoms with Crippen LogP contribution in [0.4, 0.5) is 0 Å². The standard InChI is InChI=1S/C7H11ClN2O2S2/c1-14(11,12)3-2-9-5-7-10-4-6(8)13-7/h4,9H,2-3,5H2,1H3. The van der Waals surface area contributed by atoms with Gasteiger partial charge in [0.25, 0.3) is 0 Å². The number of hydrogen-bond acceptors (Lipinski definition) is 5. The summed E-state index contributed by atoms with van der Waals surface area (Å²) in [5, 5.41) is 3.85. The van der Waals surface area contributed by atoms with Gasteiger partial charge in [-0.1, -0.05) is 11.6 Å². The Kier molecular flexibility index (Phi) is 4.31. The van der Waals surface area contributed by atoms with Gasteiger partial charge in [0.1, 0.15) is 19.2 Å². The molecule has 80 valence electrons. The highest BCUT2D eigenvalue weighted by Gasteiger charge is 2.02. The highest BCUT2D eigenvalue weighted by atomic mass is 35.5. The van der Waals surface area contributed by atoms with Gasteiger partial charge in [-0.3, -0.25) is 0 Å². The minimum absolute atomic E-state index is 0.145. The summed E-state index contributed by atoms with van der Waals surface area (Å²) in [4.78, 5) is 4.02. The van der Waals surface area contributed by atoms with Crippen molar-refractivity contribution >= 4 is 32.8 Å². The van der Waals surface area contributed by atoms with E-state index in [1.54, 1.807) is 6.20 Å². The second-order valence-corrected chi connectivity index (χ2v) is 6.87. The Balaban J connectivity index is 2.23. The van der Waals surface area contributed by atoms with Crippen LogP contribution in [0.5, 0.6) is 0 Å². The Morgan fingerprint density at radius 2 is 2.36 bits per heavy atom. The van der Waals surface area contributed by atoms with Gasteiger partial charge in [-0.2, -0.15) is 0 Å². The van der Waals surface area contributed by atoms with Crippen LogP contribution in [-0.2, 0) is 16.4 Å². The summed E-state index contributed by atoms with van der Waals surface area (Å²) in [6.07, 6.45) is 2.80. The second-order valence-electron chi connectivity index (χ2n) is 2.86. The van der Waals surface area contributed by atoms with Crippen LogP contribution >= 0.6 is 22.9 Å². The Labute approximate surface area is 92.2 Å². The quantitative estimate of drug-likeness (QED) is 0.795. The van der Waals surface area contributed by atoms with Crippen LogP contribution in [0.2, 0.25) is 4.34 Å². The predicted molar refractivity (Wildman–Crippen MR) is 58.5 cm³/mol. The van der Waals surface area contributed by atoms with Crippen molar-refractivity contribution in [2.75, 3.05) is 18.6 Å². The first-order valence-corrected chi connectivity index (χ1v) is 7.21. The number of halogens is 1. The molecule has 0 aliphatic heterocycles. The lowest BCUT2D eigenvalue weighted by Crippen LogP contribution is -2.21. The van der Waals surface area contributed by atoms with Crippen molar-refractivity contribution in [3.63, 3.8) is 0 Å². The summed E-state index contributed by atoms with van der Waals surface area (Å²) in [6.45, 7) is 1.00. The summed E-state index contributed by atoms with van der Waals surface area (Å²) >= 11 is 7.07. The lowest BCUT2D eigenvalue weighted by atomic mass is 10.6. The summed E-state index contributed by atoms with van der Waals surface area (Å²) in [5.41, 5.74) is 0. The number of sulfone groups is 1. The highest BCUT2D eigenvalue weighted by molar-refractivity contribution is 7.90. The van der Waals surface area contributed by atoms with E-state index in [1.807, 2.05) is 0 Å². The molecule has 0 aliphatic rings. The highest BCUT2D eigenvalue weighted by Crippen LogP contribution is 2.17. The number of nitrogens with zero attached hydrogens (tertiary/aromatic N) is 1. The predicted octanol–water partition coefficient (Wildman–Crippen LogP) is 0.931. The van der Waals surface area contributed by atoms with Crippen LogP contribution in [-0.4, -0.2) is 32.0 Å². The van der Waals surface area contributed by atoms with Crippen molar-refractivity contribution in [1.82, 2.24) is 10.3 Å². The fourth-order valence-corrected chi connectivity index (χ4v) is 2.26. The average Bonchev–Trinajstić information content (AvgIpc) is 2.44. The molecule has 0 aliphatic carbocycles. The molecule has 4 nitrogen and oxygen atoms in total. The van der Waals surface area contributed by atoms with Gasteiger partial charge in [-0.05, 0) is 0 Å². The SMILES string of the molecule is CS(=O)(=O)CCNCc1ncc(Cl)s1. The molecule has 0 spiro atoms. The average molecular weight is 255 g/mol. The van der Waals surface area contributed by atoms with E-state index in [-0.39, 0.29) is 5.75 Å². The summed E-state index contributed by atoms with van der Waals surface area (Å²) in [6, 6.07) is 0. The molecular weight excluding hydrogens is 244 g/mol. The van der Waals surface area contributed by atoms with E-state index in [2.05, 4.69) is 10.3 Å². The molecule has 1 N–H and O–H groups in total. The van der Waals surface area contributed by atoms with Crippen molar-refractivity contribution in [3.8, 4) is 0 Å². The van der Waals surface area contributed by atoms with Crippen molar-refractivity contribution < 1.29 is 8.42 Å². The van der Waals surface area contributed by atoms with E-state index in [0.717, 1.165) is 5.01 Å². The van der Waals surface area contributed by atoms with Crippen LogP contribution in [0.25, 0.3) is 0 Å². The lowest BCUT2D eigenvalue weighted by molar-refractivity contribution is 0.596. The van der Waals surface area contributed by atoms with Gasteiger partial charge in [-0.15, -0.1) is 11.3 Å². The molecule has 14 heavy (non-hydrogen) atoms. The molecule has 0 radical (unpaired) electrons. The number of rotatable bonds is 5. The van der Waals surface area contributed by atoms with Gasteiger partial charge in [0.2, 0.25) is 0 Å². The Morgan fingerprint density at radius 3 is 2.86 bits per heavy atom. The molecule has 0 fully saturated rings. The van der Waals surface area contributed by atoms with Gasteiger partial charge in [0.05, 0.1) is 11.9 Å². The second kappa shape index (κ2) is 5.06. The summed E-state index contributed by atoms with van der Waals surface area (Å²) in [7, 11) is -2.88. The number of aromatic nitrogens is 1. The molecule has 1 rings (SSSR count). The minimum atomic E-state index is -2.88. The first kappa shape index (κ1) is 11.9. The molecule has 0 bridgehead atoms. The zero-order chi connectivity index (χ0) is 10.6. The van der Waals surface area contributed by atoms with Gasteiger partial charge < -0.3 is 5.32 Å². The van der Waals surface area contributed by atoms with Crippen LogP contribution in [0.15, 0.2) is 6.20 Å². The van der Waals surface area contributed by atoms with E-state index in [0.29, 0.717) is 17.4 Å². The van der Waals surface area contributed by atoms with Crippen molar-refractivity contribution in [2.45, 2.75) is 6.54 Å². The van der Waals surface area contributed by atoms with Gasteiger partial charge >= 0.3 is 0 Å². The summed E-state index contributed by atoms with van der Waals surface area (Å²) in [5.74, 6) is 0.145. The molecule has 0 saturated carbocycles. The third kappa shape index (κ3) is 4.90. The first-order chi connectivity index (χ1) is 6.47.